The van der Waals surface area contributed by atoms with E-state index in [1.54, 1.807) is 18.2 Å². The first-order valence-corrected chi connectivity index (χ1v) is 17.3. The van der Waals surface area contributed by atoms with Gasteiger partial charge in [-0.1, -0.05) is 66.7 Å². The first kappa shape index (κ1) is 34.8. The number of sulfonamides is 1. The van der Waals surface area contributed by atoms with Crippen LogP contribution in [0.1, 0.15) is 60.2 Å². The monoisotopic (exact) mass is 681 g/mol. The minimum atomic E-state index is -4.12. The van der Waals surface area contributed by atoms with Gasteiger partial charge in [0.2, 0.25) is 11.8 Å². The molecule has 5 amide bonds. The molecule has 0 saturated carbocycles. The van der Waals surface area contributed by atoms with E-state index in [1.807, 2.05) is 80.9 Å². The highest BCUT2D eigenvalue weighted by molar-refractivity contribution is 7.90. The molecule has 4 aromatic carbocycles. The molecule has 0 saturated heterocycles. The summed E-state index contributed by atoms with van der Waals surface area (Å²) in [6, 6.07) is 27.0. The van der Waals surface area contributed by atoms with Gasteiger partial charge in [-0.2, -0.15) is 0 Å². The van der Waals surface area contributed by atoms with Crippen molar-refractivity contribution >= 4 is 45.2 Å². The molecule has 1 heterocycles. The number of nitrogens with zero attached hydrogens (tertiary/aromatic N) is 1. The predicted molar refractivity (Wildman–Crippen MR) is 188 cm³/mol. The smallest absolute Gasteiger partial charge is 0.319 e. The molecule has 11 nitrogen and oxygen atoms in total. The summed E-state index contributed by atoms with van der Waals surface area (Å²) in [6.45, 7) is 7.22. The van der Waals surface area contributed by atoms with Gasteiger partial charge in [0.1, 0.15) is 12.6 Å². The lowest BCUT2D eigenvalue weighted by molar-refractivity contribution is -0.125. The number of rotatable bonds is 8. The van der Waals surface area contributed by atoms with Crippen LogP contribution in [0.4, 0.5) is 16.2 Å². The molecule has 5 rings (SSSR count). The first-order chi connectivity index (χ1) is 23.2. The Labute approximate surface area is 286 Å². The van der Waals surface area contributed by atoms with Crippen molar-refractivity contribution in [3.63, 3.8) is 0 Å². The fraction of sp³-hybridized carbons (Fsp3) is 0.243. The van der Waals surface area contributed by atoms with E-state index in [0.717, 1.165) is 16.7 Å². The lowest BCUT2D eigenvalue weighted by Gasteiger charge is -2.28. The van der Waals surface area contributed by atoms with Gasteiger partial charge in [0, 0.05) is 28.4 Å². The number of amides is 5. The summed E-state index contributed by atoms with van der Waals surface area (Å²) in [7, 11) is -4.12. The minimum Gasteiger partial charge on any atom is -0.350 e. The number of nitrogens with one attached hydrogen (secondary N) is 4. The average Bonchev–Trinajstić information content (AvgIpc) is 3.15. The van der Waals surface area contributed by atoms with E-state index >= 15 is 0 Å². The second kappa shape index (κ2) is 14.3. The Hall–Kier alpha value is -5.49. The molecule has 0 aliphatic carbocycles. The maximum atomic E-state index is 14.3. The van der Waals surface area contributed by atoms with Crippen LogP contribution in [0.3, 0.4) is 0 Å². The van der Waals surface area contributed by atoms with Crippen LogP contribution in [-0.2, 0) is 19.6 Å². The van der Waals surface area contributed by atoms with Gasteiger partial charge in [-0.15, -0.1) is 0 Å². The van der Waals surface area contributed by atoms with Crippen LogP contribution in [0.25, 0.3) is 0 Å². The number of hydrogen-bond acceptors (Lipinski definition) is 6. The van der Waals surface area contributed by atoms with E-state index in [9.17, 15) is 27.6 Å². The van der Waals surface area contributed by atoms with Crippen molar-refractivity contribution in [3.05, 3.63) is 125 Å². The highest BCUT2D eigenvalue weighted by atomic mass is 32.2. The van der Waals surface area contributed by atoms with E-state index < -0.39 is 39.4 Å². The molecule has 1 aliphatic rings. The molecule has 4 aromatic rings. The van der Waals surface area contributed by atoms with Gasteiger partial charge < -0.3 is 20.9 Å². The molecule has 2 unspecified atom stereocenters. The molecule has 1 aliphatic heterocycles. The maximum absolute atomic E-state index is 14.3. The highest BCUT2D eigenvalue weighted by Crippen LogP contribution is 2.39. The van der Waals surface area contributed by atoms with E-state index in [-0.39, 0.29) is 40.9 Å². The third-order valence-corrected chi connectivity index (χ3v) is 9.22. The zero-order valence-electron chi connectivity index (χ0n) is 27.7. The number of fused-ring (bicyclic) bond motifs is 1. The summed E-state index contributed by atoms with van der Waals surface area (Å²) < 4.78 is 27.4. The molecular weight excluding hydrogens is 643 g/mol. The quantitative estimate of drug-likeness (QED) is 0.203. The summed E-state index contributed by atoms with van der Waals surface area (Å²) in [5, 5.41) is 8.38. The SMILES string of the molecule is Cc1ccc2c(c1)N(CC(=O)NC(C)(C)C)C(=O)C(NC(=O)Nc1cccc(C(=O)NS(=O)(=O)c3ccccc3)c1)CC2c1ccccc1. The summed E-state index contributed by atoms with van der Waals surface area (Å²) >= 11 is 0. The number of benzene rings is 4. The second-order valence-electron chi connectivity index (χ2n) is 13.0. The molecule has 0 radical (unpaired) electrons. The summed E-state index contributed by atoms with van der Waals surface area (Å²) in [5.74, 6) is -1.97. The van der Waals surface area contributed by atoms with Crippen LogP contribution in [-0.4, -0.2) is 50.3 Å². The Morgan fingerprint density at radius 1 is 0.857 bits per heavy atom. The Morgan fingerprint density at radius 2 is 1.53 bits per heavy atom. The first-order valence-electron chi connectivity index (χ1n) is 15.8. The number of urea groups is 1. The average molecular weight is 682 g/mol. The van der Waals surface area contributed by atoms with Crippen molar-refractivity contribution in [2.45, 2.75) is 56.5 Å². The Balaban J connectivity index is 1.40. The fourth-order valence-corrected chi connectivity index (χ4v) is 6.74. The fourth-order valence-electron chi connectivity index (χ4n) is 5.74. The van der Waals surface area contributed by atoms with E-state index in [4.69, 9.17) is 0 Å². The number of carbonyl (C=O) groups is 4. The minimum absolute atomic E-state index is 0.00570. The van der Waals surface area contributed by atoms with Crippen LogP contribution in [0.5, 0.6) is 0 Å². The largest absolute Gasteiger partial charge is 0.350 e. The summed E-state index contributed by atoms with van der Waals surface area (Å²) in [5.41, 5.74) is 2.96. The normalized spacial score (nSPS) is 16.2. The van der Waals surface area contributed by atoms with Crippen LogP contribution in [0.15, 0.2) is 108 Å². The molecule has 4 N–H and O–H groups in total. The van der Waals surface area contributed by atoms with Gasteiger partial charge in [0.05, 0.1) is 4.90 Å². The molecule has 49 heavy (non-hydrogen) atoms. The van der Waals surface area contributed by atoms with Crippen molar-refractivity contribution in [1.82, 2.24) is 15.4 Å². The number of aryl methyl sites for hydroxylation is 1. The number of hydrogen-bond donors (Lipinski definition) is 4. The van der Waals surface area contributed by atoms with Gasteiger partial charge in [-0.25, -0.2) is 17.9 Å². The third kappa shape index (κ3) is 8.71. The number of anilines is 2. The highest BCUT2D eigenvalue weighted by Gasteiger charge is 2.38. The van der Waals surface area contributed by atoms with Gasteiger partial charge in [0.25, 0.3) is 15.9 Å². The molecule has 0 bridgehead atoms. The van der Waals surface area contributed by atoms with Crippen LogP contribution in [0, 0.1) is 6.92 Å². The molecule has 12 heteroatoms. The molecule has 0 aromatic heterocycles. The maximum Gasteiger partial charge on any atom is 0.319 e. The van der Waals surface area contributed by atoms with Crippen molar-refractivity contribution in [2.75, 3.05) is 16.8 Å². The van der Waals surface area contributed by atoms with Crippen molar-refractivity contribution < 1.29 is 27.6 Å². The lowest BCUT2D eigenvalue weighted by Crippen LogP contribution is -2.53. The molecule has 0 fully saturated rings. The van der Waals surface area contributed by atoms with Crippen molar-refractivity contribution in [3.8, 4) is 0 Å². The second-order valence-corrected chi connectivity index (χ2v) is 14.6. The zero-order valence-corrected chi connectivity index (χ0v) is 28.5. The molecule has 2 atom stereocenters. The van der Waals surface area contributed by atoms with E-state index in [0.29, 0.717) is 5.69 Å². The number of carbonyl (C=O) groups excluding carboxylic acids is 4. The molecule has 0 spiro atoms. The van der Waals surface area contributed by atoms with Crippen molar-refractivity contribution in [1.29, 1.82) is 0 Å². The predicted octanol–water partition coefficient (Wildman–Crippen LogP) is 5.09. The molecule has 254 valence electrons. The Kier molecular flexibility index (Phi) is 10.2. The zero-order chi connectivity index (χ0) is 35.3. The van der Waals surface area contributed by atoms with Crippen LogP contribution in [0.2, 0.25) is 0 Å². The summed E-state index contributed by atoms with van der Waals surface area (Å²) in [6.07, 6.45) is 0.212. The molecular formula is C37H39N5O6S. The Bertz CT molecular complexity index is 1980. The lowest BCUT2D eigenvalue weighted by atomic mass is 9.85. The van der Waals surface area contributed by atoms with Crippen LogP contribution < -0.4 is 25.6 Å². The third-order valence-electron chi connectivity index (χ3n) is 7.87. The Morgan fingerprint density at radius 3 is 2.20 bits per heavy atom. The van der Waals surface area contributed by atoms with Gasteiger partial charge in [0.15, 0.2) is 0 Å². The van der Waals surface area contributed by atoms with Crippen LogP contribution >= 0.6 is 0 Å². The standard InChI is InChI=1S/C37H39N5O6S/c1-24-18-19-29-30(25-12-7-5-8-13-25)22-31(35(45)42(32(29)20-24)23-33(43)40-37(2,3)4)39-36(46)38-27-15-11-14-26(21-27)34(44)41-49(47,48)28-16-9-6-10-17-28/h5-21,30-31H,22-23H2,1-4H3,(H,40,43)(H,41,44)(H2,38,39,46). The topological polar surface area (TPSA) is 154 Å². The van der Waals surface area contributed by atoms with E-state index in [1.165, 1.54) is 41.3 Å². The van der Waals surface area contributed by atoms with Gasteiger partial charge in [-0.05, 0) is 87.2 Å². The van der Waals surface area contributed by atoms with Gasteiger partial charge in [-0.3, -0.25) is 14.4 Å². The van der Waals surface area contributed by atoms with Crippen molar-refractivity contribution in [2.24, 2.45) is 0 Å². The van der Waals surface area contributed by atoms with E-state index in [2.05, 4.69) is 16.0 Å². The summed E-state index contributed by atoms with van der Waals surface area (Å²) in [4.78, 5) is 55.1. The van der Waals surface area contributed by atoms with Gasteiger partial charge >= 0.3 is 6.03 Å².